The Morgan fingerprint density at radius 3 is 1.09 bits per heavy atom. The van der Waals surface area contributed by atoms with E-state index in [2.05, 4.69) is 142 Å². The number of aryl methyl sites for hydroxylation is 2. The Morgan fingerprint density at radius 1 is 0.455 bits per heavy atom. The van der Waals surface area contributed by atoms with E-state index < -0.39 is 15.8 Å². The second-order valence-corrected chi connectivity index (χ2v) is 20.1. The minimum atomic E-state index is -1.87. The molecule has 4 aromatic carbocycles. The van der Waals surface area contributed by atoms with Crippen LogP contribution in [0.1, 0.15) is 71.1 Å². The maximum atomic E-state index is 7.22. The van der Waals surface area contributed by atoms with Crippen molar-refractivity contribution in [3.8, 4) is 155 Å². The molecule has 0 fully saturated rings. The monoisotopic (exact) mass is 1020 g/mol. The van der Waals surface area contributed by atoms with Crippen LogP contribution in [0.2, 0.25) is 0 Å². The standard InChI is InChI=1S/C44H24OP2.C14H16N2.2ClH.Ru/c1-5-9-13-21-33-46(34-22-14-10-6-2)41-31-29-37-25-17-19-27-39(37)43(41)45-44-40-28-20-18-26-38(40)30-32-42(44)47(35-23-15-11-7-3)36-24-16-12-8-4;15-13(11-7-3-1-4-8-11)14(16)12-9-5-2-6-10-12;;;/h1-4,29-32H,17-20,25-28H2;1-10,13-14H,15-16H2;2*1H;/q;;;;+4. The third kappa shape index (κ3) is 16.4. The van der Waals surface area contributed by atoms with Gasteiger partial charge < -0.3 is 16.2 Å². The molecular formula is C58H42Cl2N2OP2Ru+4. The molecular weight excluding hydrogens is 975 g/mol. The zero-order valence-corrected chi connectivity index (χ0v) is 41.1. The summed E-state index contributed by atoms with van der Waals surface area (Å²) in [6.07, 6.45) is 29.4. The van der Waals surface area contributed by atoms with Gasteiger partial charge in [0.2, 0.25) is 0 Å². The Balaban J connectivity index is 0.000000414. The number of hydrogen-bond donors (Lipinski definition) is 2. The van der Waals surface area contributed by atoms with Crippen molar-refractivity contribution in [2.75, 3.05) is 0 Å². The van der Waals surface area contributed by atoms with E-state index in [1.54, 1.807) is 0 Å². The summed E-state index contributed by atoms with van der Waals surface area (Å²) in [5.74, 6) is 43.5. The molecule has 2 atom stereocenters. The fourth-order valence-electron chi connectivity index (χ4n) is 7.06. The zero-order valence-electron chi connectivity index (χ0n) is 35.9. The van der Waals surface area contributed by atoms with Crippen LogP contribution in [-0.2, 0) is 40.8 Å². The van der Waals surface area contributed by atoms with Crippen LogP contribution in [0.25, 0.3) is 0 Å². The number of halogens is 2. The number of benzene rings is 4. The van der Waals surface area contributed by atoms with Crippen LogP contribution in [0, 0.1) is 143 Å². The molecule has 0 heterocycles. The molecule has 2 aliphatic carbocycles. The van der Waals surface area contributed by atoms with Crippen molar-refractivity contribution in [1.29, 1.82) is 0 Å². The summed E-state index contributed by atoms with van der Waals surface area (Å²) in [6.45, 7) is 0. The van der Waals surface area contributed by atoms with E-state index >= 15 is 0 Å². The van der Waals surface area contributed by atoms with E-state index in [4.69, 9.17) is 61.3 Å². The van der Waals surface area contributed by atoms with Gasteiger partial charge in [0, 0.05) is 70.6 Å². The summed E-state index contributed by atoms with van der Waals surface area (Å²) < 4.78 is 7.22. The average molecular weight is 1020 g/mol. The molecule has 3 nitrogen and oxygen atoms in total. The van der Waals surface area contributed by atoms with Crippen molar-refractivity contribution in [2.45, 2.75) is 63.5 Å². The van der Waals surface area contributed by atoms with Gasteiger partial charge >= 0.3 is 34.5 Å². The van der Waals surface area contributed by atoms with Gasteiger partial charge in [0.1, 0.15) is 22.6 Å². The fraction of sp³-hybridized carbons (Fsp3) is 0.172. The Morgan fingerprint density at radius 2 is 0.773 bits per heavy atom. The van der Waals surface area contributed by atoms with Gasteiger partial charge in [-0.3, -0.25) is 0 Å². The number of terminal acetylenes is 4. The number of nitrogens with two attached hydrogens (primary N) is 2. The van der Waals surface area contributed by atoms with Crippen LogP contribution >= 0.6 is 35.2 Å². The van der Waals surface area contributed by atoms with Crippen LogP contribution in [0.4, 0.5) is 0 Å². The van der Waals surface area contributed by atoms with E-state index in [0.717, 1.165) is 84.6 Å². The molecule has 0 aliphatic heterocycles. The molecule has 0 aromatic heterocycles. The number of fused-ring (bicyclic) bond motifs is 2. The third-order valence-electron chi connectivity index (χ3n) is 10.00. The molecule has 0 saturated heterocycles. The van der Waals surface area contributed by atoms with Crippen molar-refractivity contribution >= 4 is 45.8 Å². The molecule has 0 spiro atoms. The van der Waals surface area contributed by atoms with Crippen LogP contribution in [0.3, 0.4) is 0 Å². The number of rotatable bonds is 7. The van der Waals surface area contributed by atoms with Gasteiger partial charge in [-0.2, -0.15) is 0 Å². The summed E-state index contributed by atoms with van der Waals surface area (Å²) >= 11 is -0.346. The molecule has 0 bridgehead atoms. The topological polar surface area (TPSA) is 61.3 Å². The molecule has 0 amide bonds. The van der Waals surface area contributed by atoms with Gasteiger partial charge in [-0.15, -0.1) is 25.7 Å². The van der Waals surface area contributed by atoms with Crippen molar-refractivity contribution in [3.63, 3.8) is 0 Å². The van der Waals surface area contributed by atoms with Gasteiger partial charge in [-0.25, -0.2) is 0 Å². The predicted octanol–water partition coefficient (Wildman–Crippen LogP) is 9.07. The first-order valence-electron chi connectivity index (χ1n) is 20.5. The van der Waals surface area contributed by atoms with Crippen molar-refractivity contribution < 1.29 is 19.9 Å². The summed E-state index contributed by atoms with van der Waals surface area (Å²) in [4.78, 5) is 0. The third-order valence-corrected chi connectivity index (χ3v) is 13.4. The second kappa shape index (κ2) is 30.5. The molecule has 66 heavy (non-hydrogen) atoms. The molecule has 6 rings (SSSR count). The van der Waals surface area contributed by atoms with Crippen molar-refractivity contribution in [2.24, 2.45) is 11.5 Å². The van der Waals surface area contributed by atoms with Gasteiger partial charge in [0.15, 0.2) is 38.0 Å². The summed E-state index contributed by atoms with van der Waals surface area (Å²) in [6, 6.07) is 28.1. The SMILES string of the molecule is C#CC#CC#C[PH+](C#CC#CC#C)c1ccc2c(c1Oc1c([PH+](C#CC#CC#C)C#CC#CC#C)ccc3c1CCCC3)CCCC2.NC(c1ccccc1)C(N)c1ccccc1.[Cl][Ru+2][Cl]. The Bertz CT molecular complexity index is 2750. The first-order chi connectivity index (χ1) is 32.4. The van der Waals surface area contributed by atoms with Crippen LogP contribution < -0.4 is 26.8 Å². The average Bonchev–Trinajstić information content (AvgIpc) is 3.36. The number of ether oxygens (including phenoxy) is 1. The summed E-state index contributed by atoms with van der Waals surface area (Å²) in [7, 11) is 5.97. The van der Waals surface area contributed by atoms with Crippen molar-refractivity contribution in [3.05, 3.63) is 118 Å². The minimum absolute atomic E-state index is 0.163. The van der Waals surface area contributed by atoms with Gasteiger partial charge in [0.05, 0.1) is 0 Å². The van der Waals surface area contributed by atoms with Crippen LogP contribution in [0.15, 0.2) is 84.9 Å². The molecule has 318 valence electrons. The second-order valence-electron chi connectivity index (χ2n) is 13.9. The summed E-state index contributed by atoms with van der Waals surface area (Å²) in [5, 5.41) is 1.84. The van der Waals surface area contributed by atoms with E-state index in [1.165, 1.54) is 22.3 Å². The first kappa shape index (κ1) is 52.0. The molecule has 4 N–H and O–H groups in total. The Kier molecular flexibility index (Phi) is 24.0. The van der Waals surface area contributed by atoms with E-state index in [-0.39, 0.29) is 27.2 Å². The molecule has 8 heteroatoms. The van der Waals surface area contributed by atoms with Crippen LogP contribution in [-0.4, -0.2) is 0 Å². The van der Waals surface area contributed by atoms with E-state index in [1.807, 2.05) is 60.7 Å². The van der Waals surface area contributed by atoms with Crippen LogP contribution in [0.5, 0.6) is 11.5 Å². The Hall–Kier alpha value is -6.62. The van der Waals surface area contributed by atoms with Gasteiger partial charge in [-0.1, -0.05) is 72.8 Å². The first-order valence-corrected chi connectivity index (χ1v) is 27.9. The molecule has 0 radical (unpaired) electrons. The predicted molar refractivity (Wildman–Crippen MR) is 278 cm³/mol. The maximum absolute atomic E-state index is 7.22. The Labute approximate surface area is 410 Å². The molecule has 2 unspecified atom stereocenters. The molecule has 4 aromatic rings. The van der Waals surface area contributed by atoms with Gasteiger partial charge in [0.25, 0.3) is 0 Å². The summed E-state index contributed by atoms with van der Waals surface area (Å²) in [5.41, 5.74) is 32.4. The quantitative estimate of drug-likeness (QED) is 0.111. The molecule has 2 aliphatic rings. The normalized spacial score (nSPS) is 11.5. The zero-order chi connectivity index (χ0) is 47.2. The number of hydrogen-bond acceptors (Lipinski definition) is 3. The van der Waals surface area contributed by atoms with Gasteiger partial charge in [-0.05, 0) is 133 Å². The van der Waals surface area contributed by atoms with Crippen molar-refractivity contribution in [1.82, 2.24) is 0 Å². The fourth-order valence-corrected chi connectivity index (χ4v) is 9.83. The van der Waals surface area contributed by atoms with E-state index in [0.29, 0.717) is 0 Å². The molecule has 0 saturated carbocycles. The van der Waals surface area contributed by atoms with E-state index in [9.17, 15) is 0 Å².